The first-order valence-electron chi connectivity index (χ1n) is 2.42. The predicted molar refractivity (Wildman–Crippen MR) is 28.5 cm³/mol. The summed E-state index contributed by atoms with van der Waals surface area (Å²) >= 11 is 0. The van der Waals surface area contributed by atoms with Gasteiger partial charge in [0, 0.05) is 6.20 Å². The number of carbonyl (C=O) groups is 2. The number of nitrogens with one attached hydrogen (secondary N) is 1. The molecule has 4 nitrogen and oxygen atoms in total. The molecular weight excluding hydrogens is 122 g/mol. The summed E-state index contributed by atoms with van der Waals surface area (Å²) in [6.45, 7) is 0. The molecule has 0 bridgehead atoms. The zero-order valence-electron chi connectivity index (χ0n) is 4.55. The smallest absolute Gasteiger partial charge is 0.333 e. The Kier molecular flexibility index (Phi) is 1.22. The topological polar surface area (TPSA) is 66.4 Å². The number of hydrogen-bond donors (Lipinski definition) is 2. The van der Waals surface area contributed by atoms with Crippen LogP contribution in [0.1, 0.15) is 6.42 Å². The van der Waals surface area contributed by atoms with Gasteiger partial charge in [0.05, 0.1) is 12.0 Å². The van der Waals surface area contributed by atoms with Crippen molar-refractivity contribution in [1.29, 1.82) is 0 Å². The van der Waals surface area contributed by atoms with E-state index in [1.807, 2.05) is 0 Å². The Labute approximate surface area is 51.2 Å². The molecule has 1 aliphatic heterocycles. The van der Waals surface area contributed by atoms with Crippen molar-refractivity contribution in [2.75, 3.05) is 0 Å². The van der Waals surface area contributed by atoms with Crippen LogP contribution in [-0.4, -0.2) is 17.0 Å². The van der Waals surface area contributed by atoms with E-state index >= 15 is 0 Å². The van der Waals surface area contributed by atoms with Gasteiger partial charge in [-0.1, -0.05) is 0 Å². The molecule has 9 heavy (non-hydrogen) atoms. The molecule has 0 spiro atoms. The quantitative estimate of drug-likeness (QED) is 0.497. The van der Waals surface area contributed by atoms with Crippen LogP contribution in [0.2, 0.25) is 0 Å². The summed E-state index contributed by atoms with van der Waals surface area (Å²) in [6, 6.07) is 0. The summed E-state index contributed by atoms with van der Waals surface area (Å²) in [7, 11) is 0. The lowest BCUT2D eigenvalue weighted by atomic mass is 10.2. The summed E-state index contributed by atoms with van der Waals surface area (Å²) in [5.74, 6) is -1.29. The van der Waals surface area contributed by atoms with Crippen molar-refractivity contribution in [3.8, 4) is 0 Å². The molecule has 0 fully saturated rings. The zero-order chi connectivity index (χ0) is 6.85. The lowest BCUT2D eigenvalue weighted by Crippen LogP contribution is -2.09. The van der Waals surface area contributed by atoms with E-state index in [2.05, 4.69) is 5.32 Å². The molecule has 1 heterocycles. The molecule has 48 valence electrons. The third-order valence-electron chi connectivity index (χ3n) is 1.03. The number of aliphatic carboxylic acids is 1. The molecule has 0 saturated carbocycles. The molecule has 0 aromatic heterocycles. The average molecular weight is 127 g/mol. The Morgan fingerprint density at radius 1 is 1.78 bits per heavy atom. The van der Waals surface area contributed by atoms with Crippen molar-refractivity contribution in [2.45, 2.75) is 6.42 Å². The van der Waals surface area contributed by atoms with Crippen LogP contribution in [0.5, 0.6) is 0 Å². The van der Waals surface area contributed by atoms with Gasteiger partial charge in [-0.2, -0.15) is 0 Å². The molecule has 1 aliphatic rings. The first kappa shape index (κ1) is 5.81. The first-order chi connectivity index (χ1) is 4.20. The molecule has 0 aromatic rings. The molecule has 0 aromatic carbocycles. The molecule has 0 saturated heterocycles. The largest absolute Gasteiger partial charge is 0.478 e. The van der Waals surface area contributed by atoms with Crippen molar-refractivity contribution in [3.05, 3.63) is 11.8 Å². The second-order valence-corrected chi connectivity index (χ2v) is 1.72. The van der Waals surface area contributed by atoms with Gasteiger partial charge in [-0.05, 0) is 0 Å². The second-order valence-electron chi connectivity index (χ2n) is 1.72. The van der Waals surface area contributed by atoms with E-state index in [9.17, 15) is 9.59 Å². The molecular formula is C5H5NO3. The molecule has 1 amide bonds. The summed E-state index contributed by atoms with van der Waals surface area (Å²) in [5, 5.41) is 10.5. The van der Waals surface area contributed by atoms with Crippen LogP contribution in [0, 0.1) is 0 Å². The van der Waals surface area contributed by atoms with E-state index in [1.54, 1.807) is 0 Å². The van der Waals surface area contributed by atoms with Crippen LogP contribution in [0.3, 0.4) is 0 Å². The molecule has 0 atom stereocenters. The molecule has 2 N–H and O–H groups in total. The Bertz CT molecular complexity index is 194. The van der Waals surface area contributed by atoms with Crippen molar-refractivity contribution in [1.82, 2.24) is 5.32 Å². The fourth-order valence-electron chi connectivity index (χ4n) is 0.580. The molecule has 4 heteroatoms. The molecule has 0 aliphatic carbocycles. The zero-order valence-corrected chi connectivity index (χ0v) is 4.55. The highest BCUT2D eigenvalue weighted by Gasteiger charge is 2.17. The minimum Gasteiger partial charge on any atom is -0.478 e. The summed E-state index contributed by atoms with van der Waals surface area (Å²) in [5.41, 5.74) is 0.125. The summed E-state index contributed by atoms with van der Waals surface area (Å²) in [4.78, 5) is 20.4. The van der Waals surface area contributed by atoms with Gasteiger partial charge < -0.3 is 10.4 Å². The van der Waals surface area contributed by atoms with Gasteiger partial charge in [0.15, 0.2) is 0 Å². The lowest BCUT2D eigenvalue weighted by Gasteiger charge is -1.85. The van der Waals surface area contributed by atoms with Crippen LogP contribution in [-0.2, 0) is 9.59 Å². The summed E-state index contributed by atoms with van der Waals surface area (Å²) < 4.78 is 0. The monoisotopic (exact) mass is 127 g/mol. The maximum Gasteiger partial charge on any atom is 0.333 e. The normalized spacial score (nSPS) is 16.9. The fraction of sp³-hybridized carbons (Fsp3) is 0.200. The number of hydrogen-bond acceptors (Lipinski definition) is 2. The molecule has 1 rings (SSSR count). The number of carboxylic acid groups (broad SMARTS) is 1. The Morgan fingerprint density at radius 2 is 2.44 bits per heavy atom. The minimum atomic E-state index is -1.03. The maximum absolute atomic E-state index is 10.3. The standard InChI is InChI=1S/C5H5NO3/c7-4-1-3(2-6-4)5(8)9/h2H,1H2,(H,6,7)(H,8,9). The van der Waals surface area contributed by atoms with Gasteiger partial charge in [0.1, 0.15) is 0 Å². The fourth-order valence-corrected chi connectivity index (χ4v) is 0.580. The van der Waals surface area contributed by atoms with Crippen molar-refractivity contribution < 1.29 is 14.7 Å². The second kappa shape index (κ2) is 1.89. The van der Waals surface area contributed by atoms with E-state index in [-0.39, 0.29) is 17.9 Å². The Hall–Kier alpha value is -1.32. The molecule has 0 radical (unpaired) electrons. The highest BCUT2D eigenvalue weighted by atomic mass is 16.4. The lowest BCUT2D eigenvalue weighted by molar-refractivity contribution is -0.133. The number of amides is 1. The third kappa shape index (κ3) is 1.07. The first-order valence-corrected chi connectivity index (χ1v) is 2.42. The minimum absolute atomic E-state index is 0.00463. The van der Waals surface area contributed by atoms with Gasteiger partial charge in [-0.15, -0.1) is 0 Å². The highest BCUT2D eigenvalue weighted by molar-refractivity contribution is 5.97. The van der Waals surface area contributed by atoms with E-state index in [0.717, 1.165) is 0 Å². The maximum atomic E-state index is 10.3. The van der Waals surface area contributed by atoms with Gasteiger partial charge in [0.2, 0.25) is 5.91 Å². The van der Waals surface area contributed by atoms with E-state index < -0.39 is 5.97 Å². The highest BCUT2D eigenvalue weighted by Crippen LogP contribution is 2.05. The van der Waals surface area contributed by atoms with Crippen LogP contribution in [0.15, 0.2) is 11.8 Å². The van der Waals surface area contributed by atoms with Crippen LogP contribution in [0.4, 0.5) is 0 Å². The van der Waals surface area contributed by atoms with Crippen molar-refractivity contribution in [2.24, 2.45) is 0 Å². The van der Waals surface area contributed by atoms with Crippen molar-refractivity contribution >= 4 is 11.9 Å². The SMILES string of the molecule is O=C1CC(C(=O)O)=CN1. The van der Waals surface area contributed by atoms with Gasteiger partial charge >= 0.3 is 5.97 Å². The number of rotatable bonds is 1. The van der Waals surface area contributed by atoms with Gasteiger partial charge in [-0.25, -0.2) is 4.79 Å². The Morgan fingerprint density at radius 3 is 2.67 bits per heavy atom. The number of carboxylic acids is 1. The molecule has 0 unspecified atom stereocenters. The Balaban J connectivity index is 2.65. The van der Waals surface area contributed by atoms with E-state index in [4.69, 9.17) is 5.11 Å². The van der Waals surface area contributed by atoms with E-state index in [1.165, 1.54) is 6.20 Å². The summed E-state index contributed by atoms with van der Waals surface area (Å²) in [6.07, 6.45) is 1.21. The van der Waals surface area contributed by atoms with Crippen LogP contribution < -0.4 is 5.32 Å². The van der Waals surface area contributed by atoms with Gasteiger partial charge in [-0.3, -0.25) is 4.79 Å². The van der Waals surface area contributed by atoms with Crippen LogP contribution >= 0.6 is 0 Å². The third-order valence-corrected chi connectivity index (χ3v) is 1.03. The average Bonchev–Trinajstić information content (AvgIpc) is 2.14. The number of carbonyl (C=O) groups excluding carboxylic acids is 1. The van der Waals surface area contributed by atoms with Crippen molar-refractivity contribution in [3.63, 3.8) is 0 Å². The van der Waals surface area contributed by atoms with Crippen LogP contribution in [0.25, 0.3) is 0 Å². The van der Waals surface area contributed by atoms with Gasteiger partial charge in [0.25, 0.3) is 0 Å². The predicted octanol–water partition coefficient (Wildman–Crippen LogP) is -0.525. The van der Waals surface area contributed by atoms with E-state index in [0.29, 0.717) is 0 Å².